The number of amides is 1. The third-order valence-electron chi connectivity index (χ3n) is 3.20. The molecule has 98 valence electrons. The molecule has 0 aliphatic carbocycles. The number of benzene rings is 1. The highest BCUT2D eigenvalue weighted by atomic mass is 16.5. The van der Waals surface area contributed by atoms with Gasteiger partial charge in [-0.05, 0) is 37.5 Å². The van der Waals surface area contributed by atoms with Gasteiger partial charge in [-0.15, -0.1) is 0 Å². The summed E-state index contributed by atoms with van der Waals surface area (Å²) >= 11 is 0. The first-order valence-corrected chi connectivity index (χ1v) is 6.40. The van der Waals surface area contributed by atoms with E-state index in [9.17, 15) is 4.79 Å². The summed E-state index contributed by atoms with van der Waals surface area (Å²) in [6.45, 7) is 3.56. The average molecular weight is 248 g/mol. The van der Waals surface area contributed by atoms with Gasteiger partial charge in [-0.3, -0.25) is 4.79 Å². The van der Waals surface area contributed by atoms with Crippen molar-refractivity contribution < 1.29 is 9.53 Å². The lowest BCUT2D eigenvalue weighted by atomic mass is 10.1. The van der Waals surface area contributed by atoms with E-state index >= 15 is 0 Å². The molecular formula is C14H20N2O2. The molecule has 0 spiro atoms. The Labute approximate surface area is 108 Å². The van der Waals surface area contributed by atoms with Crippen molar-refractivity contribution in [1.82, 2.24) is 4.90 Å². The zero-order valence-corrected chi connectivity index (χ0v) is 10.8. The normalized spacial score (nSPS) is 19.7. The Bertz CT molecular complexity index is 420. The second-order valence-electron chi connectivity index (χ2n) is 4.74. The van der Waals surface area contributed by atoms with Crippen LogP contribution in [0.1, 0.15) is 18.4 Å². The van der Waals surface area contributed by atoms with Gasteiger partial charge in [0.25, 0.3) is 0 Å². The van der Waals surface area contributed by atoms with Gasteiger partial charge in [0.1, 0.15) is 11.9 Å². The Hall–Kier alpha value is -1.55. The van der Waals surface area contributed by atoms with Crippen LogP contribution in [0, 0.1) is 6.92 Å². The van der Waals surface area contributed by atoms with E-state index in [-0.39, 0.29) is 18.6 Å². The summed E-state index contributed by atoms with van der Waals surface area (Å²) in [6.07, 6.45) is 2.04. The smallest absolute Gasteiger partial charge is 0.236 e. The second-order valence-corrected chi connectivity index (χ2v) is 4.74. The van der Waals surface area contributed by atoms with Crippen molar-refractivity contribution in [3.8, 4) is 5.75 Å². The zero-order valence-electron chi connectivity index (χ0n) is 10.8. The summed E-state index contributed by atoms with van der Waals surface area (Å²) < 4.78 is 5.93. The molecule has 0 radical (unpaired) electrons. The molecule has 1 unspecified atom stereocenters. The molecule has 1 aliphatic heterocycles. The minimum Gasteiger partial charge on any atom is -0.489 e. The van der Waals surface area contributed by atoms with Gasteiger partial charge in [-0.1, -0.05) is 12.1 Å². The largest absolute Gasteiger partial charge is 0.489 e. The van der Waals surface area contributed by atoms with Gasteiger partial charge in [0.15, 0.2) is 0 Å². The molecule has 0 aromatic heterocycles. The minimum absolute atomic E-state index is 0.00698. The van der Waals surface area contributed by atoms with Gasteiger partial charge < -0.3 is 15.4 Å². The number of nitrogens with two attached hydrogens (primary N) is 1. The Morgan fingerprint density at radius 3 is 3.11 bits per heavy atom. The molecule has 2 rings (SSSR count). The van der Waals surface area contributed by atoms with Crippen LogP contribution in [0.15, 0.2) is 24.3 Å². The topological polar surface area (TPSA) is 55.6 Å². The molecule has 1 fully saturated rings. The molecule has 1 atom stereocenters. The van der Waals surface area contributed by atoms with Crippen molar-refractivity contribution in [2.24, 2.45) is 5.73 Å². The molecular weight excluding hydrogens is 228 g/mol. The van der Waals surface area contributed by atoms with Crippen molar-refractivity contribution in [2.75, 3.05) is 19.6 Å². The van der Waals surface area contributed by atoms with E-state index in [0.29, 0.717) is 6.54 Å². The summed E-state index contributed by atoms with van der Waals surface area (Å²) in [5.74, 6) is 0.884. The van der Waals surface area contributed by atoms with E-state index in [1.165, 1.54) is 5.56 Å². The first-order valence-electron chi connectivity index (χ1n) is 6.40. The number of carbonyl (C=O) groups is 1. The number of piperidine rings is 1. The fourth-order valence-corrected chi connectivity index (χ4v) is 2.27. The summed E-state index contributed by atoms with van der Waals surface area (Å²) in [6, 6.07) is 7.99. The van der Waals surface area contributed by atoms with E-state index in [1.54, 1.807) is 4.90 Å². The third-order valence-corrected chi connectivity index (χ3v) is 3.20. The van der Waals surface area contributed by atoms with E-state index in [1.807, 2.05) is 31.2 Å². The van der Waals surface area contributed by atoms with Gasteiger partial charge in [0, 0.05) is 6.54 Å². The number of hydrogen-bond donors (Lipinski definition) is 1. The van der Waals surface area contributed by atoms with E-state index < -0.39 is 0 Å². The number of nitrogens with zero attached hydrogens (tertiary/aromatic N) is 1. The number of aryl methyl sites for hydroxylation is 1. The summed E-state index contributed by atoms with van der Waals surface area (Å²) in [7, 11) is 0. The summed E-state index contributed by atoms with van der Waals surface area (Å²) in [4.78, 5) is 13.4. The number of likely N-dealkylation sites (tertiary alicyclic amines) is 1. The lowest BCUT2D eigenvalue weighted by Crippen LogP contribution is -2.46. The maximum absolute atomic E-state index is 11.6. The molecule has 1 aliphatic rings. The van der Waals surface area contributed by atoms with Gasteiger partial charge in [-0.25, -0.2) is 0 Å². The quantitative estimate of drug-likeness (QED) is 0.877. The van der Waals surface area contributed by atoms with Gasteiger partial charge in [0.05, 0.1) is 13.1 Å². The lowest BCUT2D eigenvalue weighted by Gasteiger charge is -2.32. The van der Waals surface area contributed by atoms with Crippen LogP contribution in [-0.2, 0) is 4.79 Å². The molecule has 1 saturated heterocycles. The van der Waals surface area contributed by atoms with Crippen LogP contribution in [0.4, 0.5) is 0 Å². The number of hydrogen-bond acceptors (Lipinski definition) is 3. The molecule has 1 heterocycles. The first-order chi connectivity index (χ1) is 8.69. The van der Waals surface area contributed by atoms with Crippen LogP contribution in [0.25, 0.3) is 0 Å². The number of carbonyl (C=O) groups excluding carboxylic acids is 1. The molecule has 4 nitrogen and oxygen atoms in total. The highest BCUT2D eigenvalue weighted by molar-refractivity contribution is 5.78. The van der Waals surface area contributed by atoms with Gasteiger partial charge >= 0.3 is 0 Å². The molecule has 1 aromatic rings. The Morgan fingerprint density at radius 1 is 1.56 bits per heavy atom. The second kappa shape index (κ2) is 5.87. The van der Waals surface area contributed by atoms with Crippen LogP contribution in [0.5, 0.6) is 5.75 Å². The number of ether oxygens (including phenoxy) is 1. The van der Waals surface area contributed by atoms with Crippen molar-refractivity contribution in [1.29, 1.82) is 0 Å². The SMILES string of the molecule is Cc1cccc(OC2CCCN(C(=O)CN)C2)c1. The van der Waals surface area contributed by atoms with E-state index in [2.05, 4.69) is 0 Å². The maximum Gasteiger partial charge on any atom is 0.236 e. The standard InChI is InChI=1S/C14H20N2O2/c1-11-4-2-5-12(8-11)18-13-6-3-7-16(10-13)14(17)9-15/h2,4-5,8,13H,3,6-7,9-10,15H2,1H3. The minimum atomic E-state index is 0.00698. The lowest BCUT2D eigenvalue weighted by molar-refractivity contribution is -0.132. The molecule has 18 heavy (non-hydrogen) atoms. The van der Waals surface area contributed by atoms with Crippen molar-refractivity contribution in [3.05, 3.63) is 29.8 Å². The maximum atomic E-state index is 11.6. The molecule has 4 heteroatoms. The number of rotatable bonds is 3. The van der Waals surface area contributed by atoms with Crippen molar-refractivity contribution in [3.63, 3.8) is 0 Å². The summed E-state index contributed by atoms with van der Waals surface area (Å²) in [5, 5.41) is 0. The van der Waals surface area contributed by atoms with Crippen LogP contribution >= 0.6 is 0 Å². The Kier molecular flexibility index (Phi) is 4.20. The van der Waals surface area contributed by atoms with Gasteiger partial charge in [-0.2, -0.15) is 0 Å². The molecule has 0 saturated carbocycles. The highest BCUT2D eigenvalue weighted by Crippen LogP contribution is 2.19. The Balaban J connectivity index is 1.95. The summed E-state index contributed by atoms with van der Waals surface area (Å²) in [5.41, 5.74) is 6.57. The van der Waals surface area contributed by atoms with Crippen molar-refractivity contribution in [2.45, 2.75) is 25.9 Å². The fraction of sp³-hybridized carbons (Fsp3) is 0.500. The monoisotopic (exact) mass is 248 g/mol. The Morgan fingerprint density at radius 2 is 2.39 bits per heavy atom. The van der Waals surface area contributed by atoms with E-state index in [0.717, 1.165) is 25.1 Å². The zero-order chi connectivity index (χ0) is 13.0. The van der Waals surface area contributed by atoms with Crippen LogP contribution in [0.3, 0.4) is 0 Å². The first kappa shape index (κ1) is 12.9. The molecule has 0 bridgehead atoms. The van der Waals surface area contributed by atoms with Crippen molar-refractivity contribution >= 4 is 5.91 Å². The molecule has 1 aromatic carbocycles. The molecule has 2 N–H and O–H groups in total. The van der Waals surface area contributed by atoms with E-state index in [4.69, 9.17) is 10.5 Å². The van der Waals surface area contributed by atoms with Crippen LogP contribution in [0.2, 0.25) is 0 Å². The van der Waals surface area contributed by atoms with Crippen LogP contribution < -0.4 is 10.5 Å². The van der Waals surface area contributed by atoms with Gasteiger partial charge in [0.2, 0.25) is 5.91 Å². The predicted molar refractivity (Wildman–Crippen MR) is 70.5 cm³/mol. The average Bonchev–Trinajstić information content (AvgIpc) is 2.38. The predicted octanol–water partition coefficient (Wildman–Crippen LogP) is 1.32. The third kappa shape index (κ3) is 3.23. The highest BCUT2D eigenvalue weighted by Gasteiger charge is 2.23. The molecule has 1 amide bonds. The van der Waals surface area contributed by atoms with Crippen LogP contribution in [-0.4, -0.2) is 36.5 Å². The fourth-order valence-electron chi connectivity index (χ4n) is 2.27.